The van der Waals surface area contributed by atoms with Gasteiger partial charge in [-0.25, -0.2) is 4.79 Å². The van der Waals surface area contributed by atoms with Gasteiger partial charge in [-0.1, -0.05) is 29.8 Å². The van der Waals surface area contributed by atoms with Crippen molar-refractivity contribution in [2.24, 2.45) is 0 Å². The van der Waals surface area contributed by atoms with Gasteiger partial charge in [0.25, 0.3) is 5.91 Å². The molecule has 0 heterocycles. The highest BCUT2D eigenvalue weighted by molar-refractivity contribution is 7.99. The van der Waals surface area contributed by atoms with Gasteiger partial charge < -0.3 is 10.1 Å². The molecular formula is C18H16ClNO3S. The van der Waals surface area contributed by atoms with Crippen LogP contribution >= 0.6 is 23.4 Å². The van der Waals surface area contributed by atoms with E-state index in [1.54, 1.807) is 24.3 Å². The molecular weight excluding hydrogens is 346 g/mol. The van der Waals surface area contributed by atoms with Crippen molar-refractivity contribution >= 4 is 40.9 Å². The molecule has 0 spiro atoms. The Morgan fingerprint density at radius 2 is 2.04 bits per heavy atom. The molecule has 0 radical (unpaired) electrons. The highest BCUT2D eigenvalue weighted by Gasteiger charge is 2.15. The van der Waals surface area contributed by atoms with Crippen LogP contribution in [0.2, 0.25) is 5.02 Å². The molecule has 0 aliphatic carbocycles. The number of amides is 1. The minimum absolute atomic E-state index is 0.300. The summed E-state index contributed by atoms with van der Waals surface area (Å²) >= 11 is 7.63. The summed E-state index contributed by atoms with van der Waals surface area (Å²) in [7, 11) is 1.29. The van der Waals surface area contributed by atoms with Crippen LogP contribution in [0.3, 0.4) is 0 Å². The number of nitrogens with one attached hydrogen (secondary N) is 1. The Labute approximate surface area is 149 Å². The van der Waals surface area contributed by atoms with Gasteiger partial charge in [-0.3, -0.25) is 4.79 Å². The highest BCUT2D eigenvalue weighted by atomic mass is 35.5. The van der Waals surface area contributed by atoms with Crippen LogP contribution in [0.25, 0.3) is 0 Å². The molecule has 0 aliphatic rings. The van der Waals surface area contributed by atoms with E-state index in [-0.39, 0.29) is 5.91 Å². The molecule has 1 N–H and O–H groups in total. The average molecular weight is 362 g/mol. The summed E-state index contributed by atoms with van der Waals surface area (Å²) in [6, 6.07) is 11.8. The van der Waals surface area contributed by atoms with Gasteiger partial charge in [0.05, 0.1) is 28.9 Å². The van der Waals surface area contributed by atoms with Crippen molar-refractivity contribution in [3.05, 3.63) is 71.3 Å². The lowest BCUT2D eigenvalue weighted by atomic mass is 10.1. The second kappa shape index (κ2) is 8.57. The standard InChI is InChI=1S/C18H16ClNO3S/c1-3-10-24-16-7-5-4-6-13(16)17(21)20-15-11-12(18(22)23-2)8-9-14(15)19/h3-9,11H,1,10H2,2H3,(H,20,21). The van der Waals surface area contributed by atoms with Crippen molar-refractivity contribution in [1.29, 1.82) is 0 Å². The maximum atomic E-state index is 12.6. The number of ether oxygens (including phenoxy) is 1. The summed E-state index contributed by atoms with van der Waals surface area (Å²) in [5.41, 5.74) is 1.20. The maximum absolute atomic E-state index is 12.6. The lowest BCUT2D eigenvalue weighted by Gasteiger charge is -2.11. The Morgan fingerprint density at radius 1 is 1.29 bits per heavy atom. The molecule has 6 heteroatoms. The van der Waals surface area contributed by atoms with E-state index in [1.165, 1.54) is 31.0 Å². The number of halogens is 1. The summed E-state index contributed by atoms with van der Waals surface area (Å²) < 4.78 is 4.68. The smallest absolute Gasteiger partial charge is 0.337 e. The van der Waals surface area contributed by atoms with Gasteiger partial charge in [-0.2, -0.15) is 0 Å². The minimum atomic E-state index is -0.496. The maximum Gasteiger partial charge on any atom is 0.337 e. The molecule has 2 aromatic rings. The van der Waals surface area contributed by atoms with Crippen molar-refractivity contribution in [1.82, 2.24) is 0 Å². The molecule has 0 saturated carbocycles. The van der Waals surface area contributed by atoms with Gasteiger partial charge >= 0.3 is 5.97 Å². The number of hydrogen-bond acceptors (Lipinski definition) is 4. The lowest BCUT2D eigenvalue weighted by Crippen LogP contribution is -2.14. The van der Waals surface area contributed by atoms with E-state index < -0.39 is 5.97 Å². The number of carbonyl (C=O) groups is 2. The first-order chi connectivity index (χ1) is 11.6. The Balaban J connectivity index is 2.27. The monoisotopic (exact) mass is 361 g/mol. The fraction of sp³-hybridized carbons (Fsp3) is 0.111. The van der Waals surface area contributed by atoms with Gasteiger partial charge in [-0.05, 0) is 30.3 Å². The molecule has 0 aliphatic heterocycles. The van der Waals surface area contributed by atoms with Crippen molar-refractivity contribution in [3.63, 3.8) is 0 Å². The third-order valence-electron chi connectivity index (χ3n) is 3.12. The first kappa shape index (κ1) is 18.1. The molecule has 0 bridgehead atoms. The van der Waals surface area contributed by atoms with E-state index in [1.807, 2.05) is 12.1 Å². The van der Waals surface area contributed by atoms with Crippen molar-refractivity contribution in [3.8, 4) is 0 Å². The summed E-state index contributed by atoms with van der Waals surface area (Å²) in [5.74, 6) is -0.0988. The molecule has 0 saturated heterocycles. The van der Waals surface area contributed by atoms with Crippen LogP contribution in [-0.2, 0) is 4.74 Å². The summed E-state index contributed by atoms with van der Waals surface area (Å²) in [4.78, 5) is 25.0. The van der Waals surface area contributed by atoms with Gasteiger partial charge in [-0.15, -0.1) is 18.3 Å². The van der Waals surface area contributed by atoms with E-state index in [0.29, 0.717) is 27.6 Å². The molecule has 24 heavy (non-hydrogen) atoms. The molecule has 0 unspecified atom stereocenters. The van der Waals surface area contributed by atoms with Crippen LogP contribution in [-0.4, -0.2) is 24.7 Å². The minimum Gasteiger partial charge on any atom is -0.465 e. The number of benzene rings is 2. The zero-order chi connectivity index (χ0) is 17.5. The molecule has 0 aromatic heterocycles. The zero-order valence-electron chi connectivity index (χ0n) is 13.0. The lowest BCUT2D eigenvalue weighted by molar-refractivity contribution is 0.0600. The first-order valence-electron chi connectivity index (χ1n) is 7.08. The average Bonchev–Trinajstić information content (AvgIpc) is 2.61. The van der Waals surface area contributed by atoms with Crippen LogP contribution in [0.5, 0.6) is 0 Å². The summed E-state index contributed by atoms with van der Waals surface area (Å²) in [6.45, 7) is 3.68. The second-order valence-electron chi connectivity index (χ2n) is 4.74. The van der Waals surface area contributed by atoms with Gasteiger partial charge in [0.2, 0.25) is 0 Å². The molecule has 0 fully saturated rings. The van der Waals surface area contributed by atoms with E-state index in [2.05, 4.69) is 16.6 Å². The van der Waals surface area contributed by atoms with E-state index in [9.17, 15) is 9.59 Å². The van der Waals surface area contributed by atoms with Crippen molar-refractivity contribution in [2.75, 3.05) is 18.2 Å². The number of thioether (sulfide) groups is 1. The van der Waals surface area contributed by atoms with Crippen LogP contribution in [0.15, 0.2) is 60.0 Å². The Bertz CT molecular complexity index is 777. The third-order valence-corrected chi connectivity index (χ3v) is 4.52. The van der Waals surface area contributed by atoms with E-state index in [0.717, 1.165) is 4.90 Å². The van der Waals surface area contributed by atoms with Crippen LogP contribution in [0.4, 0.5) is 5.69 Å². The predicted octanol–water partition coefficient (Wildman–Crippen LogP) is 4.66. The molecule has 4 nitrogen and oxygen atoms in total. The Kier molecular flexibility index (Phi) is 6.46. The Morgan fingerprint density at radius 3 is 2.75 bits per heavy atom. The highest BCUT2D eigenvalue weighted by Crippen LogP contribution is 2.27. The molecule has 124 valence electrons. The fourth-order valence-electron chi connectivity index (χ4n) is 1.98. The van der Waals surface area contributed by atoms with Crippen LogP contribution in [0.1, 0.15) is 20.7 Å². The second-order valence-corrected chi connectivity index (χ2v) is 6.21. The number of rotatable bonds is 6. The van der Waals surface area contributed by atoms with Gasteiger partial charge in [0, 0.05) is 10.6 Å². The summed E-state index contributed by atoms with van der Waals surface area (Å²) in [5, 5.41) is 3.08. The third kappa shape index (κ3) is 4.40. The number of hydrogen-bond donors (Lipinski definition) is 1. The van der Waals surface area contributed by atoms with Crippen LogP contribution in [0, 0.1) is 0 Å². The predicted molar refractivity (Wildman–Crippen MR) is 98.1 cm³/mol. The van der Waals surface area contributed by atoms with Gasteiger partial charge in [0.15, 0.2) is 0 Å². The number of anilines is 1. The number of esters is 1. The fourth-order valence-corrected chi connectivity index (χ4v) is 2.94. The molecule has 0 atom stereocenters. The van der Waals surface area contributed by atoms with Crippen LogP contribution < -0.4 is 5.32 Å². The zero-order valence-corrected chi connectivity index (χ0v) is 14.6. The molecule has 2 rings (SSSR count). The van der Waals surface area contributed by atoms with E-state index >= 15 is 0 Å². The number of carbonyl (C=O) groups excluding carboxylic acids is 2. The van der Waals surface area contributed by atoms with Crippen molar-refractivity contribution in [2.45, 2.75) is 4.90 Å². The Hall–Kier alpha value is -2.24. The largest absolute Gasteiger partial charge is 0.465 e. The molecule has 1 amide bonds. The normalized spacial score (nSPS) is 10.1. The first-order valence-corrected chi connectivity index (χ1v) is 8.45. The SMILES string of the molecule is C=CCSc1ccccc1C(=O)Nc1cc(C(=O)OC)ccc1Cl. The van der Waals surface area contributed by atoms with E-state index in [4.69, 9.17) is 11.6 Å². The quantitative estimate of drug-likeness (QED) is 0.462. The van der Waals surface area contributed by atoms with Gasteiger partial charge in [0.1, 0.15) is 0 Å². The molecule has 2 aromatic carbocycles. The summed E-state index contributed by atoms with van der Waals surface area (Å²) in [6.07, 6.45) is 1.77. The number of methoxy groups -OCH3 is 1. The van der Waals surface area contributed by atoms with Crippen molar-refractivity contribution < 1.29 is 14.3 Å². The topological polar surface area (TPSA) is 55.4 Å².